The normalized spacial score (nSPS) is 20.2. The number of rotatable bonds is 3. The molecule has 0 amide bonds. The van der Waals surface area contributed by atoms with Gasteiger partial charge in [-0.15, -0.1) is 0 Å². The maximum Gasteiger partial charge on any atom is 0.0643 e. The van der Waals surface area contributed by atoms with Crippen molar-refractivity contribution in [2.24, 2.45) is 0 Å². The van der Waals surface area contributed by atoms with E-state index < -0.39 is 0 Å². The zero-order valence-electron chi connectivity index (χ0n) is 11.8. The second-order valence-corrected chi connectivity index (χ2v) is 6.20. The summed E-state index contributed by atoms with van der Waals surface area (Å²) in [5, 5.41) is 4.11. The molecule has 1 aromatic carbocycles. The Morgan fingerprint density at radius 1 is 1.39 bits per heavy atom. The van der Waals surface area contributed by atoms with Crippen LogP contribution in [0, 0.1) is 0 Å². The summed E-state index contributed by atoms with van der Waals surface area (Å²) in [5.74, 6) is 0. The van der Waals surface area contributed by atoms with Crippen LogP contribution in [0.3, 0.4) is 0 Å². The maximum absolute atomic E-state index is 6.47. The number of nitrogens with one attached hydrogen (secondary N) is 1. The van der Waals surface area contributed by atoms with Crippen LogP contribution in [0.1, 0.15) is 45.2 Å². The van der Waals surface area contributed by atoms with Crippen LogP contribution >= 0.6 is 11.6 Å². The second kappa shape index (κ2) is 5.10. The molecule has 1 aliphatic heterocycles. The van der Waals surface area contributed by atoms with Crippen LogP contribution in [0.5, 0.6) is 0 Å². The van der Waals surface area contributed by atoms with Gasteiger partial charge in [-0.3, -0.25) is 0 Å². The zero-order chi connectivity index (χ0) is 13.3. The van der Waals surface area contributed by atoms with Crippen molar-refractivity contribution < 1.29 is 0 Å². The molecular formula is C15H23ClN2. The Hall–Kier alpha value is -0.730. The monoisotopic (exact) mass is 266 g/mol. The van der Waals surface area contributed by atoms with Gasteiger partial charge in [0.1, 0.15) is 0 Å². The number of anilines is 1. The van der Waals surface area contributed by atoms with E-state index in [-0.39, 0.29) is 5.54 Å². The largest absolute Gasteiger partial charge is 0.365 e. The van der Waals surface area contributed by atoms with Crippen molar-refractivity contribution in [1.29, 1.82) is 0 Å². The van der Waals surface area contributed by atoms with E-state index in [4.69, 9.17) is 11.6 Å². The molecular weight excluding hydrogens is 244 g/mol. The predicted molar refractivity (Wildman–Crippen MR) is 79.6 cm³/mol. The van der Waals surface area contributed by atoms with Gasteiger partial charge in [0, 0.05) is 18.1 Å². The summed E-state index contributed by atoms with van der Waals surface area (Å²) in [4.78, 5) is 2.43. The van der Waals surface area contributed by atoms with Gasteiger partial charge in [-0.25, -0.2) is 0 Å². The molecule has 0 aliphatic carbocycles. The highest BCUT2D eigenvalue weighted by atomic mass is 35.5. The number of nitrogens with zero attached hydrogens (tertiary/aromatic N) is 1. The molecule has 1 aliphatic rings. The first-order chi connectivity index (χ1) is 8.45. The summed E-state index contributed by atoms with van der Waals surface area (Å²) in [5.41, 5.74) is 2.63. The average molecular weight is 267 g/mol. The lowest BCUT2D eigenvalue weighted by Gasteiger charge is -2.34. The zero-order valence-corrected chi connectivity index (χ0v) is 12.5. The van der Waals surface area contributed by atoms with E-state index >= 15 is 0 Å². The Kier molecular flexibility index (Phi) is 3.88. The number of halogens is 1. The lowest BCUT2D eigenvalue weighted by atomic mass is 10.0. The van der Waals surface area contributed by atoms with E-state index in [1.54, 1.807) is 0 Å². The molecule has 0 aromatic heterocycles. The lowest BCUT2D eigenvalue weighted by molar-refractivity contribution is 0.518. The second-order valence-electron chi connectivity index (χ2n) is 5.79. The van der Waals surface area contributed by atoms with Crippen LogP contribution in [0.25, 0.3) is 0 Å². The Bertz CT molecular complexity index is 429. The molecule has 0 saturated carbocycles. The van der Waals surface area contributed by atoms with Gasteiger partial charge >= 0.3 is 0 Å². The Labute approximate surface area is 115 Å². The number of hydrogen-bond donors (Lipinski definition) is 1. The van der Waals surface area contributed by atoms with Crippen molar-refractivity contribution >= 4 is 17.3 Å². The van der Waals surface area contributed by atoms with Gasteiger partial charge in [-0.2, -0.15) is 0 Å². The molecule has 1 saturated heterocycles. The lowest BCUT2D eigenvalue weighted by Crippen LogP contribution is -2.38. The highest BCUT2D eigenvalue weighted by molar-refractivity contribution is 6.33. The number of hydrogen-bond acceptors (Lipinski definition) is 2. The van der Waals surface area contributed by atoms with E-state index in [9.17, 15) is 0 Å². The van der Waals surface area contributed by atoms with Gasteiger partial charge in [-0.1, -0.05) is 17.7 Å². The standard InChI is InChI=1S/C15H23ClN2/c1-11(17-4)12-6-7-14(13(16)10-12)18-9-5-8-15(18,2)3/h6-7,10-11,17H,5,8-9H2,1-4H3. The minimum Gasteiger partial charge on any atom is -0.365 e. The van der Waals surface area contributed by atoms with Gasteiger partial charge in [0.2, 0.25) is 0 Å². The fraction of sp³-hybridized carbons (Fsp3) is 0.600. The quantitative estimate of drug-likeness (QED) is 0.890. The van der Waals surface area contributed by atoms with Crippen molar-refractivity contribution in [3.05, 3.63) is 28.8 Å². The maximum atomic E-state index is 6.47. The van der Waals surface area contributed by atoms with E-state index in [1.165, 1.54) is 24.1 Å². The Morgan fingerprint density at radius 2 is 2.11 bits per heavy atom. The summed E-state index contributed by atoms with van der Waals surface area (Å²) in [6.07, 6.45) is 2.48. The highest BCUT2D eigenvalue weighted by Gasteiger charge is 2.32. The van der Waals surface area contributed by atoms with Gasteiger partial charge in [0.25, 0.3) is 0 Å². The van der Waals surface area contributed by atoms with Crippen molar-refractivity contribution in [3.63, 3.8) is 0 Å². The summed E-state index contributed by atoms with van der Waals surface area (Å²) in [7, 11) is 1.97. The average Bonchev–Trinajstić information content (AvgIpc) is 2.68. The summed E-state index contributed by atoms with van der Waals surface area (Å²) < 4.78 is 0. The minimum atomic E-state index is 0.222. The molecule has 1 aromatic rings. The molecule has 1 atom stereocenters. The van der Waals surface area contributed by atoms with Gasteiger partial charge in [0.15, 0.2) is 0 Å². The van der Waals surface area contributed by atoms with Gasteiger partial charge in [0.05, 0.1) is 10.7 Å². The molecule has 1 fully saturated rings. The van der Waals surface area contributed by atoms with Crippen molar-refractivity contribution in [3.8, 4) is 0 Å². The van der Waals surface area contributed by atoms with E-state index in [2.05, 4.69) is 49.2 Å². The third-order valence-corrected chi connectivity index (χ3v) is 4.40. The fourth-order valence-electron chi connectivity index (χ4n) is 2.73. The van der Waals surface area contributed by atoms with Crippen LogP contribution in [0.4, 0.5) is 5.69 Å². The molecule has 2 rings (SSSR count). The van der Waals surface area contributed by atoms with Crippen LogP contribution in [-0.4, -0.2) is 19.1 Å². The molecule has 1 N–H and O–H groups in total. The summed E-state index contributed by atoms with van der Waals surface area (Å²) in [6.45, 7) is 7.83. The molecule has 0 radical (unpaired) electrons. The molecule has 18 heavy (non-hydrogen) atoms. The molecule has 1 unspecified atom stereocenters. The van der Waals surface area contributed by atoms with Crippen LogP contribution in [0.15, 0.2) is 18.2 Å². The van der Waals surface area contributed by atoms with Crippen molar-refractivity contribution in [1.82, 2.24) is 5.32 Å². The first-order valence-electron chi connectivity index (χ1n) is 6.70. The topological polar surface area (TPSA) is 15.3 Å². The highest BCUT2D eigenvalue weighted by Crippen LogP contribution is 2.38. The first kappa shape index (κ1) is 13.7. The van der Waals surface area contributed by atoms with Crippen LogP contribution < -0.4 is 10.2 Å². The van der Waals surface area contributed by atoms with Crippen molar-refractivity contribution in [2.75, 3.05) is 18.5 Å². The molecule has 3 heteroatoms. The third kappa shape index (κ3) is 2.50. The molecule has 0 spiro atoms. The summed E-state index contributed by atoms with van der Waals surface area (Å²) in [6, 6.07) is 6.77. The fourth-order valence-corrected chi connectivity index (χ4v) is 3.02. The molecule has 100 valence electrons. The Morgan fingerprint density at radius 3 is 2.61 bits per heavy atom. The third-order valence-electron chi connectivity index (χ3n) is 4.10. The van der Waals surface area contributed by atoms with E-state index in [0.29, 0.717) is 6.04 Å². The van der Waals surface area contributed by atoms with Gasteiger partial charge < -0.3 is 10.2 Å². The molecule has 2 nitrogen and oxygen atoms in total. The minimum absolute atomic E-state index is 0.222. The smallest absolute Gasteiger partial charge is 0.0643 e. The predicted octanol–water partition coefficient (Wildman–Crippen LogP) is 4.00. The van der Waals surface area contributed by atoms with Crippen LogP contribution in [0.2, 0.25) is 5.02 Å². The number of benzene rings is 1. The van der Waals surface area contributed by atoms with Gasteiger partial charge in [-0.05, 0) is 58.4 Å². The van der Waals surface area contributed by atoms with Crippen LogP contribution in [-0.2, 0) is 0 Å². The first-order valence-corrected chi connectivity index (χ1v) is 7.08. The summed E-state index contributed by atoms with van der Waals surface area (Å²) >= 11 is 6.47. The van der Waals surface area contributed by atoms with E-state index in [1.807, 2.05) is 7.05 Å². The Balaban J connectivity index is 2.30. The van der Waals surface area contributed by atoms with Crippen molar-refractivity contribution in [2.45, 2.75) is 45.2 Å². The molecule has 1 heterocycles. The molecule has 0 bridgehead atoms. The van der Waals surface area contributed by atoms with E-state index in [0.717, 1.165) is 11.6 Å². The SMILES string of the molecule is CNC(C)c1ccc(N2CCCC2(C)C)c(Cl)c1.